The standard InChI is InChI=1S/C21H19ClFN3OS/c22-17-9-3-1-6-14(17)12-19(27)26-11-5-7-15(13-26)20-24-25-21(28-20)16-8-2-4-10-18(16)23/h1-4,6,8-10,15H,5,7,11-13H2. The van der Waals surface area contributed by atoms with Gasteiger partial charge in [0.25, 0.3) is 0 Å². The molecular weight excluding hydrogens is 397 g/mol. The Kier molecular flexibility index (Phi) is 5.69. The smallest absolute Gasteiger partial charge is 0.227 e. The maximum Gasteiger partial charge on any atom is 0.227 e. The van der Waals surface area contributed by atoms with Crippen LogP contribution in [0, 0.1) is 5.82 Å². The molecule has 0 saturated carbocycles. The Labute approximate surface area is 172 Å². The molecular formula is C21H19ClFN3OS. The normalized spacial score (nSPS) is 16.9. The zero-order valence-electron chi connectivity index (χ0n) is 15.1. The lowest BCUT2D eigenvalue weighted by Gasteiger charge is -2.31. The predicted octanol–water partition coefficient (Wildman–Crippen LogP) is 4.95. The minimum atomic E-state index is -0.301. The van der Waals surface area contributed by atoms with Crippen molar-refractivity contribution >= 4 is 28.8 Å². The number of benzene rings is 2. The van der Waals surface area contributed by atoms with Crippen LogP contribution in [-0.4, -0.2) is 34.1 Å². The molecule has 0 aliphatic carbocycles. The van der Waals surface area contributed by atoms with Gasteiger partial charge in [0.15, 0.2) is 5.01 Å². The number of carbonyl (C=O) groups is 1. The minimum absolute atomic E-state index is 0.0663. The van der Waals surface area contributed by atoms with Crippen molar-refractivity contribution in [2.45, 2.75) is 25.2 Å². The summed E-state index contributed by atoms with van der Waals surface area (Å²) >= 11 is 7.59. The number of likely N-dealkylation sites (tertiary alicyclic amines) is 1. The zero-order chi connectivity index (χ0) is 19.5. The van der Waals surface area contributed by atoms with Crippen molar-refractivity contribution in [2.75, 3.05) is 13.1 Å². The van der Waals surface area contributed by atoms with Gasteiger partial charge in [-0.1, -0.05) is 53.3 Å². The van der Waals surface area contributed by atoms with Crippen LogP contribution in [0.4, 0.5) is 4.39 Å². The first-order valence-electron chi connectivity index (χ1n) is 9.21. The number of hydrogen-bond donors (Lipinski definition) is 0. The third kappa shape index (κ3) is 4.08. The van der Waals surface area contributed by atoms with Crippen molar-refractivity contribution in [2.24, 2.45) is 0 Å². The summed E-state index contributed by atoms with van der Waals surface area (Å²) in [5.74, 6) is -0.107. The van der Waals surface area contributed by atoms with E-state index in [-0.39, 0.29) is 17.6 Å². The van der Waals surface area contributed by atoms with E-state index in [1.54, 1.807) is 24.3 Å². The van der Waals surface area contributed by atoms with E-state index in [9.17, 15) is 9.18 Å². The Bertz CT molecular complexity index is 993. The van der Waals surface area contributed by atoms with Gasteiger partial charge < -0.3 is 4.90 Å². The van der Waals surface area contributed by atoms with Crippen LogP contribution in [0.1, 0.15) is 29.3 Å². The van der Waals surface area contributed by atoms with Crippen molar-refractivity contribution < 1.29 is 9.18 Å². The molecule has 1 unspecified atom stereocenters. The van der Waals surface area contributed by atoms with Crippen LogP contribution in [0.3, 0.4) is 0 Å². The molecule has 0 spiro atoms. The van der Waals surface area contributed by atoms with E-state index in [0.29, 0.717) is 28.6 Å². The fourth-order valence-electron chi connectivity index (χ4n) is 3.46. The lowest BCUT2D eigenvalue weighted by atomic mass is 9.98. The van der Waals surface area contributed by atoms with Gasteiger partial charge in [0, 0.05) is 29.6 Å². The molecule has 0 radical (unpaired) electrons. The van der Waals surface area contributed by atoms with E-state index in [2.05, 4.69) is 10.2 Å². The fraction of sp³-hybridized carbons (Fsp3) is 0.286. The molecule has 7 heteroatoms. The molecule has 1 fully saturated rings. The highest BCUT2D eigenvalue weighted by molar-refractivity contribution is 7.14. The number of aromatic nitrogens is 2. The Morgan fingerprint density at radius 3 is 2.79 bits per heavy atom. The van der Waals surface area contributed by atoms with Gasteiger partial charge in [-0.15, -0.1) is 10.2 Å². The van der Waals surface area contributed by atoms with Crippen LogP contribution in [-0.2, 0) is 11.2 Å². The first-order chi connectivity index (χ1) is 13.6. The molecule has 1 aliphatic heterocycles. The molecule has 1 saturated heterocycles. The molecule has 4 rings (SSSR count). The zero-order valence-corrected chi connectivity index (χ0v) is 16.7. The van der Waals surface area contributed by atoms with Gasteiger partial charge in [-0.3, -0.25) is 4.79 Å². The molecule has 144 valence electrons. The number of amides is 1. The maximum atomic E-state index is 14.0. The van der Waals surface area contributed by atoms with Gasteiger partial charge >= 0.3 is 0 Å². The second-order valence-corrected chi connectivity index (χ2v) is 8.29. The Morgan fingerprint density at radius 1 is 1.18 bits per heavy atom. The van der Waals surface area contributed by atoms with E-state index in [0.717, 1.165) is 30.0 Å². The average molecular weight is 416 g/mol. The molecule has 1 amide bonds. The van der Waals surface area contributed by atoms with Gasteiger partial charge in [-0.25, -0.2) is 4.39 Å². The lowest BCUT2D eigenvalue weighted by Crippen LogP contribution is -2.40. The van der Waals surface area contributed by atoms with Crippen molar-refractivity contribution in [3.05, 3.63) is 69.9 Å². The summed E-state index contributed by atoms with van der Waals surface area (Å²) in [7, 11) is 0. The summed E-state index contributed by atoms with van der Waals surface area (Å²) in [4.78, 5) is 14.6. The third-order valence-corrected chi connectivity index (χ3v) is 6.46. The Morgan fingerprint density at radius 2 is 1.96 bits per heavy atom. The number of carbonyl (C=O) groups excluding carboxylic acids is 1. The topological polar surface area (TPSA) is 46.1 Å². The summed E-state index contributed by atoms with van der Waals surface area (Å²) in [5, 5.41) is 10.5. The molecule has 0 N–H and O–H groups in total. The molecule has 2 aromatic carbocycles. The van der Waals surface area contributed by atoms with Crippen LogP contribution in [0.15, 0.2) is 48.5 Å². The van der Waals surface area contributed by atoms with Crippen LogP contribution in [0.5, 0.6) is 0 Å². The number of piperidine rings is 1. The monoisotopic (exact) mass is 415 g/mol. The highest BCUT2D eigenvalue weighted by Gasteiger charge is 2.28. The van der Waals surface area contributed by atoms with Crippen LogP contribution >= 0.6 is 22.9 Å². The third-order valence-electron chi connectivity index (χ3n) is 4.97. The molecule has 1 atom stereocenters. The highest BCUT2D eigenvalue weighted by Crippen LogP contribution is 2.33. The largest absolute Gasteiger partial charge is 0.342 e. The van der Waals surface area contributed by atoms with E-state index in [1.165, 1.54) is 17.4 Å². The molecule has 4 nitrogen and oxygen atoms in total. The molecule has 1 aromatic heterocycles. The lowest BCUT2D eigenvalue weighted by molar-refractivity contribution is -0.131. The second-order valence-electron chi connectivity index (χ2n) is 6.87. The summed E-state index contributed by atoms with van der Waals surface area (Å²) in [6, 6.07) is 14.0. The number of halogens is 2. The van der Waals surface area contributed by atoms with Gasteiger partial charge in [-0.2, -0.15) is 0 Å². The summed E-state index contributed by atoms with van der Waals surface area (Å²) in [5.41, 5.74) is 1.31. The van der Waals surface area contributed by atoms with Crippen LogP contribution in [0.2, 0.25) is 5.02 Å². The number of rotatable bonds is 4. The SMILES string of the molecule is O=C(Cc1ccccc1Cl)N1CCCC(c2nnc(-c3ccccc3F)s2)C1. The molecule has 3 aromatic rings. The second kappa shape index (κ2) is 8.37. The summed E-state index contributed by atoms with van der Waals surface area (Å²) in [6.45, 7) is 1.34. The quantitative estimate of drug-likeness (QED) is 0.605. The average Bonchev–Trinajstić information content (AvgIpc) is 3.20. The highest BCUT2D eigenvalue weighted by atomic mass is 35.5. The van der Waals surface area contributed by atoms with E-state index in [1.807, 2.05) is 23.1 Å². The predicted molar refractivity (Wildman–Crippen MR) is 109 cm³/mol. The molecule has 0 bridgehead atoms. The Hall–Kier alpha value is -2.31. The van der Waals surface area contributed by atoms with Crippen LogP contribution in [0.25, 0.3) is 10.6 Å². The van der Waals surface area contributed by atoms with Gasteiger partial charge in [0.2, 0.25) is 5.91 Å². The maximum absolute atomic E-state index is 14.0. The van der Waals surface area contributed by atoms with Gasteiger partial charge in [-0.05, 0) is 36.6 Å². The first-order valence-corrected chi connectivity index (χ1v) is 10.4. The molecule has 2 heterocycles. The van der Waals surface area contributed by atoms with Crippen LogP contribution < -0.4 is 0 Å². The fourth-order valence-corrected chi connectivity index (χ4v) is 4.66. The van der Waals surface area contributed by atoms with Gasteiger partial charge in [0.05, 0.1) is 6.42 Å². The minimum Gasteiger partial charge on any atom is -0.342 e. The van der Waals surface area contributed by atoms with Crippen molar-refractivity contribution in [1.29, 1.82) is 0 Å². The van der Waals surface area contributed by atoms with Crippen molar-refractivity contribution in [3.8, 4) is 10.6 Å². The number of nitrogens with zero attached hydrogens (tertiary/aromatic N) is 3. The molecule has 1 aliphatic rings. The van der Waals surface area contributed by atoms with Gasteiger partial charge in [0.1, 0.15) is 10.8 Å². The summed E-state index contributed by atoms with van der Waals surface area (Å²) < 4.78 is 14.0. The Balaban J connectivity index is 1.46. The van der Waals surface area contributed by atoms with E-state index < -0.39 is 0 Å². The van der Waals surface area contributed by atoms with E-state index >= 15 is 0 Å². The van der Waals surface area contributed by atoms with Crippen molar-refractivity contribution in [1.82, 2.24) is 15.1 Å². The van der Waals surface area contributed by atoms with Crippen molar-refractivity contribution in [3.63, 3.8) is 0 Å². The number of hydrogen-bond acceptors (Lipinski definition) is 4. The summed E-state index contributed by atoms with van der Waals surface area (Å²) in [6.07, 6.45) is 2.15. The van der Waals surface area contributed by atoms with E-state index in [4.69, 9.17) is 11.6 Å². The first kappa shape index (κ1) is 19.0. The molecule has 28 heavy (non-hydrogen) atoms.